The van der Waals surface area contributed by atoms with Gasteiger partial charge in [-0.15, -0.1) is 10.2 Å². The Kier molecular flexibility index (Phi) is 5.80. The fraction of sp³-hybridized carbons (Fsp3) is 0.263. The van der Waals surface area contributed by atoms with Crippen molar-refractivity contribution in [1.29, 1.82) is 0 Å². The smallest absolute Gasteiger partial charge is 0.249 e. The number of hydrogen-bond donors (Lipinski definition) is 0. The number of aromatic nitrogens is 4. The quantitative estimate of drug-likeness (QED) is 0.404. The molecule has 3 heterocycles. The van der Waals surface area contributed by atoms with E-state index in [9.17, 15) is 0 Å². The van der Waals surface area contributed by atoms with E-state index < -0.39 is 0 Å². The van der Waals surface area contributed by atoms with Gasteiger partial charge in [-0.3, -0.25) is 4.90 Å². The van der Waals surface area contributed by atoms with E-state index in [4.69, 9.17) is 20.5 Å². The molecule has 0 radical (unpaired) electrons. The molecule has 0 aliphatic rings. The summed E-state index contributed by atoms with van der Waals surface area (Å²) in [6, 6.07) is 9.37. The van der Waals surface area contributed by atoms with Crippen LogP contribution in [0, 0.1) is 0 Å². The molecule has 0 atom stereocenters. The van der Waals surface area contributed by atoms with Gasteiger partial charge in [0, 0.05) is 10.9 Å². The van der Waals surface area contributed by atoms with Gasteiger partial charge >= 0.3 is 0 Å². The van der Waals surface area contributed by atoms with Gasteiger partial charge in [-0.25, -0.2) is 0 Å². The topological polar surface area (TPSA) is 81.1 Å². The molecule has 0 amide bonds. The average molecular weight is 416 g/mol. The van der Waals surface area contributed by atoms with Gasteiger partial charge in [0.05, 0.1) is 23.7 Å². The highest BCUT2D eigenvalue weighted by atomic mass is 35.5. The fourth-order valence-electron chi connectivity index (χ4n) is 2.80. The van der Waals surface area contributed by atoms with Crippen LogP contribution in [-0.2, 0) is 13.1 Å². The zero-order valence-corrected chi connectivity index (χ0v) is 16.8. The first-order valence-corrected chi connectivity index (χ1v) is 10.2. The normalized spacial score (nSPS) is 11.4. The first kappa shape index (κ1) is 18.8. The Morgan fingerprint density at radius 2 is 1.96 bits per heavy atom. The Bertz CT molecular complexity index is 1030. The van der Waals surface area contributed by atoms with Gasteiger partial charge in [0.1, 0.15) is 0 Å². The van der Waals surface area contributed by atoms with Gasteiger partial charge in [-0.1, -0.05) is 35.8 Å². The Balaban J connectivity index is 1.46. The number of rotatable bonds is 8. The zero-order chi connectivity index (χ0) is 19.3. The maximum atomic E-state index is 6.21. The molecule has 9 heteroatoms. The average Bonchev–Trinajstić information content (AvgIpc) is 3.44. The second kappa shape index (κ2) is 8.64. The van der Waals surface area contributed by atoms with Crippen molar-refractivity contribution in [2.75, 3.05) is 6.54 Å². The third-order valence-corrected chi connectivity index (χ3v) is 5.09. The third-order valence-electron chi connectivity index (χ3n) is 4.08. The van der Waals surface area contributed by atoms with Crippen LogP contribution in [0.5, 0.6) is 0 Å². The molecule has 3 aromatic heterocycles. The summed E-state index contributed by atoms with van der Waals surface area (Å²) in [4.78, 5) is 6.62. The van der Waals surface area contributed by atoms with Crippen molar-refractivity contribution in [2.45, 2.75) is 26.4 Å². The Morgan fingerprint density at radius 1 is 1.11 bits per heavy atom. The molecule has 0 N–H and O–H groups in total. The Morgan fingerprint density at radius 3 is 2.75 bits per heavy atom. The van der Waals surface area contributed by atoms with Crippen LogP contribution < -0.4 is 0 Å². The number of nitrogens with zero attached hydrogens (tertiary/aromatic N) is 5. The lowest BCUT2D eigenvalue weighted by molar-refractivity contribution is 0.201. The zero-order valence-electron chi connectivity index (χ0n) is 15.2. The van der Waals surface area contributed by atoms with E-state index in [1.807, 2.05) is 35.0 Å². The highest BCUT2D eigenvalue weighted by Gasteiger charge is 2.17. The molecule has 0 aliphatic carbocycles. The number of hydrogen-bond acceptors (Lipinski definition) is 8. The molecule has 0 fully saturated rings. The number of thiophene rings is 1. The summed E-state index contributed by atoms with van der Waals surface area (Å²) in [5.41, 5.74) is 1.69. The second-order valence-electron chi connectivity index (χ2n) is 6.22. The summed E-state index contributed by atoms with van der Waals surface area (Å²) in [5.74, 6) is 2.09. The van der Waals surface area contributed by atoms with Crippen LogP contribution in [-0.4, -0.2) is 31.8 Å². The van der Waals surface area contributed by atoms with Crippen molar-refractivity contribution in [1.82, 2.24) is 25.2 Å². The van der Waals surface area contributed by atoms with E-state index in [-0.39, 0.29) is 0 Å². The van der Waals surface area contributed by atoms with E-state index in [0.29, 0.717) is 41.6 Å². The van der Waals surface area contributed by atoms with Crippen LogP contribution in [0.3, 0.4) is 0 Å². The molecule has 28 heavy (non-hydrogen) atoms. The molecule has 1 aromatic carbocycles. The van der Waals surface area contributed by atoms with Gasteiger partial charge < -0.3 is 8.94 Å². The molecule has 0 bridgehead atoms. The summed E-state index contributed by atoms with van der Waals surface area (Å²) in [6.07, 6.45) is 0.969. The molecule has 4 aromatic rings. The molecule has 0 aliphatic heterocycles. The highest BCUT2D eigenvalue weighted by Crippen LogP contribution is 2.26. The minimum Gasteiger partial charge on any atom is -0.419 e. The van der Waals surface area contributed by atoms with Gasteiger partial charge in [0.2, 0.25) is 23.5 Å². The summed E-state index contributed by atoms with van der Waals surface area (Å²) in [6.45, 7) is 3.94. The van der Waals surface area contributed by atoms with E-state index in [0.717, 1.165) is 24.1 Å². The van der Waals surface area contributed by atoms with Crippen molar-refractivity contribution >= 4 is 22.9 Å². The maximum absolute atomic E-state index is 6.21. The van der Waals surface area contributed by atoms with Crippen LogP contribution >= 0.6 is 22.9 Å². The predicted octanol–water partition coefficient (Wildman–Crippen LogP) is 4.91. The fourth-order valence-corrected chi connectivity index (χ4v) is 3.65. The van der Waals surface area contributed by atoms with E-state index in [1.165, 1.54) is 0 Å². The molecule has 0 spiro atoms. The van der Waals surface area contributed by atoms with Crippen molar-refractivity contribution in [3.8, 4) is 22.8 Å². The lowest BCUT2D eigenvalue weighted by Gasteiger charge is -2.17. The molecule has 4 rings (SSSR count). The number of benzene rings is 1. The maximum Gasteiger partial charge on any atom is 0.249 e. The van der Waals surface area contributed by atoms with Crippen LogP contribution in [0.15, 0.2) is 50.0 Å². The van der Waals surface area contributed by atoms with Crippen molar-refractivity contribution in [2.24, 2.45) is 0 Å². The first-order valence-electron chi connectivity index (χ1n) is 8.87. The lowest BCUT2D eigenvalue weighted by atomic mass is 10.2. The minimum atomic E-state index is 0.412. The molecule has 0 saturated heterocycles. The van der Waals surface area contributed by atoms with Crippen molar-refractivity contribution < 1.29 is 8.94 Å². The summed E-state index contributed by atoms with van der Waals surface area (Å²) >= 11 is 7.81. The standard InChI is InChI=1S/C19H18ClN5O2S/c1-2-8-25(10-16-21-18(24-27-16)13-7-9-28-12-13)11-17-22-23-19(26-17)14-5-3-4-6-15(14)20/h3-7,9,12H,2,8,10-11H2,1H3. The van der Waals surface area contributed by atoms with E-state index in [2.05, 4.69) is 32.2 Å². The van der Waals surface area contributed by atoms with Crippen molar-refractivity contribution in [3.05, 3.63) is 57.9 Å². The molecule has 0 saturated carbocycles. The summed E-state index contributed by atoms with van der Waals surface area (Å²) in [7, 11) is 0. The summed E-state index contributed by atoms with van der Waals surface area (Å²) in [5, 5.41) is 16.9. The minimum absolute atomic E-state index is 0.412. The van der Waals surface area contributed by atoms with Crippen LogP contribution in [0.2, 0.25) is 5.02 Å². The SMILES string of the molecule is CCCN(Cc1nc(-c2ccsc2)no1)Cc1nnc(-c2ccccc2Cl)o1. The monoisotopic (exact) mass is 415 g/mol. The van der Waals surface area contributed by atoms with Crippen LogP contribution in [0.25, 0.3) is 22.8 Å². The van der Waals surface area contributed by atoms with E-state index in [1.54, 1.807) is 17.4 Å². The Labute approximate surface area is 171 Å². The third kappa shape index (κ3) is 4.30. The highest BCUT2D eigenvalue weighted by molar-refractivity contribution is 7.08. The van der Waals surface area contributed by atoms with Crippen LogP contribution in [0.4, 0.5) is 0 Å². The molecule has 7 nitrogen and oxygen atoms in total. The Hall–Kier alpha value is -2.55. The lowest BCUT2D eigenvalue weighted by Crippen LogP contribution is -2.24. The molecule has 144 valence electrons. The largest absolute Gasteiger partial charge is 0.419 e. The first-order chi connectivity index (χ1) is 13.7. The molecular formula is C19H18ClN5O2S. The van der Waals surface area contributed by atoms with Gasteiger partial charge in [-0.05, 0) is 36.5 Å². The van der Waals surface area contributed by atoms with Crippen molar-refractivity contribution in [3.63, 3.8) is 0 Å². The van der Waals surface area contributed by atoms with Gasteiger partial charge in [0.15, 0.2) is 0 Å². The summed E-state index contributed by atoms with van der Waals surface area (Å²) < 4.78 is 11.2. The number of halogens is 1. The second-order valence-corrected chi connectivity index (χ2v) is 7.40. The predicted molar refractivity (Wildman–Crippen MR) is 107 cm³/mol. The van der Waals surface area contributed by atoms with Crippen LogP contribution in [0.1, 0.15) is 25.1 Å². The molecule has 0 unspecified atom stereocenters. The molecular weight excluding hydrogens is 398 g/mol. The van der Waals surface area contributed by atoms with Gasteiger partial charge in [0.25, 0.3) is 0 Å². The van der Waals surface area contributed by atoms with E-state index >= 15 is 0 Å². The van der Waals surface area contributed by atoms with Gasteiger partial charge in [-0.2, -0.15) is 16.3 Å².